The van der Waals surface area contributed by atoms with E-state index in [0.29, 0.717) is 17.9 Å². The van der Waals surface area contributed by atoms with Crippen molar-refractivity contribution >= 4 is 16.7 Å². The molecule has 192 valence electrons. The summed E-state index contributed by atoms with van der Waals surface area (Å²) in [6.45, 7) is 5.97. The Morgan fingerprint density at radius 3 is 2.34 bits per heavy atom. The molecule has 0 aliphatic carbocycles. The van der Waals surface area contributed by atoms with Gasteiger partial charge in [0.1, 0.15) is 17.3 Å². The van der Waals surface area contributed by atoms with Crippen LogP contribution in [0.4, 0.5) is 10.1 Å². The molecule has 0 spiro atoms. The van der Waals surface area contributed by atoms with Gasteiger partial charge < -0.3 is 9.64 Å². The first-order valence-electron chi connectivity index (χ1n) is 13.1. The van der Waals surface area contributed by atoms with Crippen molar-refractivity contribution in [1.29, 1.82) is 0 Å². The monoisotopic (exact) mass is 507 g/mol. The fourth-order valence-corrected chi connectivity index (χ4v) is 5.02. The van der Waals surface area contributed by atoms with Crippen LogP contribution >= 0.6 is 0 Å². The van der Waals surface area contributed by atoms with Crippen molar-refractivity contribution in [1.82, 2.24) is 19.4 Å². The van der Waals surface area contributed by atoms with Gasteiger partial charge in [-0.15, -0.1) is 0 Å². The highest BCUT2D eigenvalue weighted by atomic mass is 19.1. The Kier molecular flexibility index (Phi) is 7.00. The lowest BCUT2D eigenvalue weighted by atomic mass is 10.2. The van der Waals surface area contributed by atoms with E-state index < -0.39 is 0 Å². The van der Waals surface area contributed by atoms with E-state index in [2.05, 4.69) is 45.1 Å². The molecule has 1 fully saturated rings. The average molecular weight is 508 g/mol. The van der Waals surface area contributed by atoms with Gasteiger partial charge in [0.25, 0.3) is 0 Å². The Morgan fingerprint density at radius 2 is 1.58 bits per heavy atom. The fraction of sp³-hybridized carbons (Fsp3) is 0.226. The third-order valence-corrected chi connectivity index (χ3v) is 6.99. The molecule has 1 aliphatic rings. The van der Waals surface area contributed by atoms with E-state index in [1.54, 1.807) is 12.3 Å². The second-order valence-electron chi connectivity index (χ2n) is 9.48. The molecule has 6 rings (SSSR count). The summed E-state index contributed by atoms with van der Waals surface area (Å²) in [5.41, 5.74) is 4.38. The number of imidazole rings is 1. The molecular weight excluding hydrogens is 477 g/mol. The topological polar surface area (TPSA) is 46.4 Å². The number of rotatable bonds is 8. The molecule has 2 aromatic heterocycles. The number of fused-ring (bicyclic) bond motifs is 1. The minimum Gasteiger partial charge on any atom is -0.494 e. The SMILES string of the molecule is Fc1ccc2c(c1)nc(-c1ccccn1)n2-c1ccc(OCCCN2CCN(c3ccccc3)CC2)cc1. The van der Waals surface area contributed by atoms with E-state index in [1.807, 2.05) is 47.0 Å². The van der Waals surface area contributed by atoms with Gasteiger partial charge in [-0.1, -0.05) is 24.3 Å². The highest BCUT2D eigenvalue weighted by Crippen LogP contribution is 2.29. The quantitative estimate of drug-likeness (QED) is 0.248. The van der Waals surface area contributed by atoms with E-state index in [-0.39, 0.29) is 5.82 Å². The Balaban J connectivity index is 1.07. The number of anilines is 1. The molecule has 5 aromatic rings. The van der Waals surface area contributed by atoms with Crippen molar-refractivity contribution < 1.29 is 9.13 Å². The van der Waals surface area contributed by atoms with Gasteiger partial charge in [-0.2, -0.15) is 0 Å². The number of pyridine rings is 1. The predicted molar refractivity (Wildman–Crippen MR) is 149 cm³/mol. The molecular formula is C31H30FN5O. The second kappa shape index (κ2) is 11.0. The van der Waals surface area contributed by atoms with Crippen LogP contribution in [0.2, 0.25) is 0 Å². The summed E-state index contributed by atoms with van der Waals surface area (Å²) in [7, 11) is 0. The zero-order valence-corrected chi connectivity index (χ0v) is 21.2. The Hall–Kier alpha value is -4.23. The van der Waals surface area contributed by atoms with E-state index >= 15 is 0 Å². The van der Waals surface area contributed by atoms with E-state index in [9.17, 15) is 4.39 Å². The first-order valence-corrected chi connectivity index (χ1v) is 13.1. The van der Waals surface area contributed by atoms with Gasteiger partial charge in [0.2, 0.25) is 0 Å². The van der Waals surface area contributed by atoms with Crippen LogP contribution in [0.1, 0.15) is 6.42 Å². The molecule has 3 heterocycles. The molecule has 0 radical (unpaired) electrons. The molecule has 0 bridgehead atoms. The Bertz CT molecular complexity index is 1480. The second-order valence-corrected chi connectivity index (χ2v) is 9.48. The largest absolute Gasteiger partial charge is 0.494 e. The lowest BCUT2D eigenvalue weighted by Crippen LogP contribution is -2.46. The van der Waals surface area contributed by atoms with Gasteiger partial charge in [-0.25, -0.2) is 9.37 Å². The molecule has 1 saturated heterocycles. The van der Waals surface area contributed by atoms with Gasteiger partial charge in [0.05, 0.1) is 17.6 Å². The first kappa shape index (κ1) is 24.1. The standard InChI is InChI=1S/C31H30FN5O/c32-24-10-15-30-29(23-24)34-31(28-9-4-5-16-33-28)37(30)26-11-13-27(14-12-26)38-22-6-17-35-18-20-36(21-19-35)25-7-2-1-3-8-25/h1-5,7-16,23H,6,17-22H2. The van der Waals surface area contributed by atoms with Crippen LogP contribution in [-0.2, 0) is 0 Å². The zero-order chi connectivity index (χ0) is 25.7. The summed E-state index contributed by atoms with van der Waals surface area (Å²) in [6.07, 6.45) is 2.72. The van der Waals surface area contributed by atoms with Gasteiger partial charge in [0.15, 0.2) is 5.82 Å². The van der Waals surface area contributed by atoms with E-state index in [1.165, 1.54) is 17.8 Å². The molecule has 1 aliphatic heterocycles. The van der Waals surface area contributed by atoms with Crippen molar-refractivity contribution in [2.45, 2.75) is 6.42 Å². The van der Waals surface area contributed by atoms with Crippen LogP contribution < -0.4 is 9.64 Å². The van der Waals surface area contributed by atoms with Crippen molar-refractivity contribution in [2.24, 2.45) is 0 Å². The molecule has 7 heteroatoms. The first-order chi connectivity index (χ1) is 18.7. The number of aromatic nitrogens is 3. The van der Waals surface area contributed by atoms with Crippen molar-refractivity contribution in [2.75, 3.05) is 44.2 Å². The summed E-state index contributed by atoms with van der Waals surface area (Å²) in [4.78, 5) is 14.1. The summed E-state index contributed by atoms with van der Waals surface area (Å²) in [6, 6.07) is 29.0. The fourth-order valence-electron chi connectivity index (χ4n) is 5.02. The third-order valence-electron chi connectivity index (χ3n) is 6.99. The predicted octanol–water partition coefficient (Wildman–Crippen LogP) is 5.82. The number of halogens is 1. The highest BCUT2D eigenvalue weighted by molar-refractivity contribution is 5.82. The van der Waals surface area contributed by atoms with Crippen molar-refractivity contribution in [3.8, 4) is 23.0 Å². The van der Waals surface area contributed by atoms with E-state index in [0.717, 1.165) is 61.8 Å². The number of ether oxygens (including phenoxy) is 1. The summed E-state index contributed by atoms with van der Waals surface area (Å²) in [5, 5.41) is 0. The van der Waals surface area contributed by atoms with Gasteiger partial charge >= 0.3 is 0 Å². The maximum atomic E-state index is 13.9. The smallest absolute Gasteiger partial charge is 0.164 e. The lowest BCUT2D eigenvalue weighted by Gasteiger charge is -2.36. The highest BCUT2D eigenvalue weighted by Gasteiger charge is 2.17. The average Bonchev–Trinajstić information content (AvgIpc) is 3.35. The Morgan fingerprint density at radius 1 is 0.789 bits per heavy atom. The zero-order valence-electron chi connectivity index (χ0n) is 21.2. The third kappa shape index (κ3) is 5.24. The minimum atomic E-state index is -0.309. The van der Waals surface area contributed by atoms with Crippen LogP contribution in [0.25, 0.3) is 28.2 Å². The Labute approximate surface area is 221 Å². The maximum absolute atomic E-state index is 13.9. The van der Waals surface area contributed by atoms with E-state index in [4.69, 9.17) is 9.72 Å². The van der Waals surface area contributed by atoms with Crippen LogP contribution in [-0.4, -0.2) is 58.8 Å². The minimum absolute atomic E-state index is 0.309. The summed E-state index contributed by atoms with van der Waals surface area (Å²) in [5.74, 6) is 1.20. The number of hydrogen-bond donors (Lipinski definition) is 0. The van der Waals surface area contributed by atoms with Crippen molar-refractivity contribution in [3.63, 3.8) is 0 Å². The number of para-hydroxylation sites is 1. The van der Waals surface area contributed by atoms with Gasteiger partial charge in [0, 0.05) is 56.4 Å². The maximum Gasteiger partial charge on any atom is 0.164 e. The summed E-state index contributed by atoms with van der Waals surface area (Å²) >= 11 is 0. The van der Waals surface area contributed by atoms with Crippen LogP contribution in [0.3, 0.4) is 0 Å². The van der Waals surface area contributed by atoms with Crippen LogP contribution in [0, 0.1) is 5.82 Å². The number of nitrogens with zero attached hydrogens (tertiary/aromatic N) is 5. The molecule has 0 amide bonds. The number of benzene rings is 3. The van der Waals surface area contributed by atoms with Gasteiger partial charge in [-0.05, 0) is 67.1 Å². The molecule has 0 unspecified atom stereocenters. The molecule has 38 heavy (non-hydrogen) atoms. The normalized spacial score (nSPS) is 14.2. The van der Waals surface area contributed by atoms with Crippen LogP contribution in [0.5, 0.6) is 5.75 Å². The molecule has 3 aromatic carbocycles. The molecule has 0 saturated carbocycles. The van der Waals surface area contributed by atoms with Gasteiger partial charge in [-0.3, -0.25) is 14.5 Å². The number of piperazine rings is 1. The molecule has 6 nitrogen and oxygen atoms in total. The molecule has 0 atom stereocenters. The van der Waals surface area contributed by atoms with Crippen molar-refractivity contribution in [3.05, 3.63) is 103 Å². The molecule has 0 N–H and O–H groups in total. The number of hydrogen-bond acceptors (Lipinski definition) is 5. The lowest BCUT2D eigenvalue weighted by molar-refractivity contribution is 0.225. The summed E-state index contributed by atoms with van der Waals surface area (Å²) < 4.78 is 22.0. The van der Waals surface area contributed by atoms with Crippen LogP contribution in [0.15, 0.2) is 97.2 Å².